The van der Waals surface area contributed by atoms with Crippen LogP contribution in [0.5, 0.6) is 0 Å². The van der Waals surface area contributed by atoms with Gasteiger partial charge in [-0.1, -0.05) is 6.07 Å². The molecule has 0 bridgehead atoms. The van der Waals surface area contributed by atoms with Crippen LogP contribution in [0.3, 0.4) is 0 Å². The predicted octanol–water partition coefficient (Wildman–Crippen LogP) is 2.26. The second-order valence-corrected chi connectivity index (χ2v) is 4.59. The molecule has 0 fully saturated rings. The van der Waals surface area contributed by atoms with Gasteiger partial charge in [-0.05, 0) is 25.2 Å². The summed E-state index contributed by atoms with van der Waals surface area (Å²) in [5.41, 5.74) is 4.88. The summed E-state index contributed by atoms with van der Waals surface area (Å²) in [6, 6.07) is 8.12. The average molecular weight is 256 g/mol. The minimum atomic E-state index is 0.688. The van der Waals surface area contributed by atoms with Gasteiger partial charge in [0.1, 0.15) is 5.52 Å². The predicted molar refractivity (Wildman–Crippen MR) is 73.7 cm³/mol. The van der Waals surface area contributed by atoms with E-state index in [-0.39, 0.29) is 0 Å². The van der Waals surface area contributed by atoms with Gasteiger partial charge in [0.15, 0.2) is 11.5 Å². The molecule has 0 unspecified atom stereocenters. The van der Waals surface area contributed by atoms with Crippen LogP contribution >= 0.6 is 0 Å². The van der Waals surface area contributed by atoms with Crippen LogP contribution in [0.4, 0.5) is 0 Å². The Bertz CT molecular complexity index is 726. The standard InChI is InChI=1S/C14H16N4O/c1-9-16-12-5-4-10(6-14(12)19-9)13-7-11(8-15-2)17-18(13)3/h4-7,15H,8H2,1-3H3. The Morgan fingerprint density at radius 2 is 2.16 bits per heavy atom. The number of aromatic nitrogens is 3. The van der Waals surface area contributed by atoms with Crippen molar-refractivity contribution in [2.45, 2.75) is 13.5 Å². The quantitative estimate of drug-likeness (QED) is 0.781. The fraction of sp³-hybridized carbons (Fsp3) is 0.286. The monoisotopic (exact) mass is 256 g/mol. The summed E-state index contributed by atoms with van der Waals surface area (Å²) in [6.45, 7) is 2.62. The molecule has 0 aliphatic heterocycles. The highest BCUT2D eigenvalue weighted by molar-refractivity contribution is 5.79. The van der Waals surface area contributed by atoms with Crippen LogP contribution < -0.4 is 5.32 Å². The molecule has 0 saturated carbocycles. The Kier molecular flexibility index (Phi) is 2.83. The highest BCUT2D eigenvalue weighted by atomic mass is 16.3. The number of nitrogens with zero attached hydrogens (tertiary/aromatic N) is 3. The number of benzene rings is 1. The Balaban J connectivity index is 2.07. The van der Waals surface area contributed by atoms with E-state index in [0.717, 1.165) is 34.6 Å². The van der Waals surface area contributed by atoms with E-state index in [1.54, 1.807) is 0 Å². The third-order valence-corrected chi connectivity index (χ3v) is 3.08. The van der Waals surface area contributed by atoms with Crippen LogP contribution in [0.15, 0.2) is 28.7 Å². The molecule has 0 aliphatic carbocycles. The molecule has 1 N–H and O–H groups in total. The Morgan fingerprint density at radius 1 is 1.32 bits per heavy atom. The van der Waals surface area contributed by atoms with Crippen molar-refractivity contribution in [2.75, 3.05) is 7.05 Å². The van der Waals surface area contributed by atoms with E-state index in [1.807, 2.05) is 43.9 Å². The summed E-state index contributed by atoms with van der Waals surface area (Å²) < 4.78 is 7.46. The van der Waals surface area contributed by atoms with Crippen molar-refractivity contribution in [2.24, 2.45) is 7.05 Å². The molecule has 0 saturated heterocycles. The van der Waals surface area contributed by atoms with E-state index in [0.29, 0.717) is 5.89 Å². The third-order valence-electron chi connectivity index (χ3n) is 3.08. The number of aryl methyl sites for hydroxylation is 2. The number of nitrogens with one attached hydrogen (secondary N) is 1. The molecular weight excluding hydrogens is 240 g/mol. The van der Waals surface area contributed by atoms with Crippen molar-refractivity contribution in [3.63, 3.8) is 0 Å². The van der Waals surface area contributed by atoms with E-state index >= 15 is 0 Å². The molecule has 5 heteroatoms. The lowest BCUT2D eigenvalue weighted by Crippen LogP contribution is -2.05. The van der Waals surface area contributed by atoms with Gasteiger partial charge in [0.05, 0.1) is 11.4 Å². The van der Waals surface area contributed by atoms with Gasteiger partial charge in [-0.3, -0.25) is 4.68 Å². The molecule has 98 valence electrons. The Morgan fingerprint density at radius 3 is 2.95 bits per heavy atom. The minimum Gasteiger partial charge on any atom is -0.441 e. The smallest absolute Gasteiger partial charge is 0.192 e. The molecule has 2 aromatic heterocycles. The first-order valence-corrected chi connectivity index (χ1v) is 6.22. The van der Waals surface area contributed by atoms with Gasteiger partial charge in [0, 0.05) is 26.1 Å². The van der Waals surface area contributed by atoms with Gasteiger partial charge in [-0.25, -0.2) is 4.98 Å². The number of hydrogen-bond donors (Lipinski definition) is 1. The second kappa shape index (κ2) is 4.51. The normalized spacial score (nSPS) is 11.3. The second-order valence-electron chi connectivity index (χ2n) is 4.59. The zero-order valence-electron chi connectivity index (χ0n) is 11.3. The molecular formula is C14H16N4O. The van der Waals surface area contributed by atoms with E-state index in [4.69, 9.17) is 4.42 Å². The topological polar surface area (TPSA) is 55.9 Å². The maximum Gasteiger partial charge on any atom is 0.192 e. The molecule has 2 heterocycles. The van der Waals surface area contributed by atoms with Gasteiger partial charge in [-0.15, -0.1) is 0 Å². The van der Waals surface area contributed by atoms with Gasteiger partial charge >= 0.3 is 0 Å². The highest BCUT2D eigenvalue weighted by Crippen LogP contribution is 2.25. The molecule has 3 aromatic rings. The van der Waals surface area contributed by atoms with Crippen LogP contribution in [0.25, 0.3) is 22.4 Å². The van der Waals surface area contributed by atoms with Crippen molar-refractivity contribution < 1.29 is 4.42 Å². The van der Waals surface area contributed by atoms with Crippen molar-refractivity contribution in [1.82, 2.24) is 20.1 Å². The molecule has 0 spiro atoms. The highest BCUT2D eigenvalue weighted by Gasteiger charge is 2.09. The van der Waals surface area contributed by atoms with Crippen molar-refractivity contribution >= 4 is 11.1 Å². The SMILES string of the molecule is CNCc1cc(-c2ccc3nc(C)oc3c2)n(C)n1. The van der Waals surface area contributed by atoms with Crippen LogP contribution in [0.1, 0.15) is 11.6 Å². The average Bonchev–Trinajstić information content (AvgIpc) is 2.90. The fourth-order valence-electron chi connectivity index (χ4n) is 2.26. The molecule has 1 aromatic carbocycles. The lowest BCUT2D eigenvalue weighted by Gasteiger charge is -2.00. The molecule has 5 nitrogen and oxygen atoms in total. The van der Waals surface area contributed by atoms with E-state index in [2.05, 4.69) is 21.5 Å². The van der Waals surface area contributed by atoms with Gasteiger partial charge in [-0.2, -0.15) is 5.10 Å². The zero-order chi connectivity index (χ0) is 13.4. The largest absolute Gasteiger partial charge is 0.441 e. The minimum absolute atomic E-state index is 0.688. The summed E-state index contributed by atoms with van der Waals surface area (Å²) in [6.07, 6.45) is 0. The lowest BCUT2D eigenvalue weighted by molar-refractivity contribution is 0.561. The summed E-state index contributed by atoms with van der Waals surface area (Å²) in [4.78, 5) is 4.31. The molecule has 19 heavy (non-hydrogen) atoms. The first kappa shape index (κ1) is 11.9. The van der Waals surface area contributed by atoms with Crippen LogP contribution in [-0.4, -0.2) is 21.8 Å². The molecule has 3 rings (SSSR count). The first-order chi connectivity index (χ1) is 9.17. The van der Waals surface area contributed by atoms with Crippen molar-refractivity contribution in [3.05, 3.63) is 35.9 Å². The van der Waals surface area contributed by atoms with Crippen LogP contribution in [0, 0.1) is 6.92 Å². The van der Waals surface area contributed by atoms with Crippen molar-refractivity contribution in [1.29, 1.82) is 0 Å². The molecule has 0 radical (unpaired) electrons. The lowest BCUT2D eigenvalue weighted by atomic mass is 10.1. The summed E-state index contributed by atoms with van der Waals surface area (Å²) in [5, 5.41) is 7.57. The number of hydrogen-bond acceptors (Lipinski definition) is 4. The van der Waals surface area contributed by atoms with Crippen LogP contribution in [0.2, 0.25) is 0 Å². The Hall–Kier alpha value is -2.14. The van der Waals surface area contributed by atoms with Gasteiger partial charge in [0.2, 0.25) is 0 Å². The maximum absolute atomic E-state index is 5.57. The van der Waals surface area contributed by atoms with E-state index in [1.165, 1.54) is 0 Å². The number of rotatable bonds is 3. The number of fused-ring (bicyclic) bond motifs is 1. The number of oxazole rings is 1. The van der Waals surface area contributed by atoms with Gasteiger partial charge < -0.3 is 9.73 Å². The summed E-state index contributed by atoms with van der Waals surface area (Å²) in [5.74, 6) is 0.688. The van der Waals surface area contributed by atoms with E-state index < -0.39 is 0 Å². The maximum atomic E-state index is 5.57. The van der Waals surface area contributed by atoms with Gasteiger partial charge in [0.25, 0.3) is 0 Å². The summed E-state index contributed by atoms with van der Waals surface area (Å²) in [7, 11) is 3.86. The van der Waals surface area contributed by atoms with E-state index in [9.17, 15) is 0 Å². The fourth-order valence-corrected chi connectivity index (χ4v) is 2.26. The molecule has 0 amide bonds. The zero-order valence-corrected chi connectivity index (χ0v) is 11.3. The first-order valence-electron chi connectivity index (χ1n) is 6.22. The molecule has 0 aliphatic rings. The summed E-state index contributed by atoms with van der Waals surface area (Å²) >= 11 is 0. The third kappa shape index (κ3) is 2.13. The van der Waals surface area contributed by atoms with Crippen molar-refractivity contribution in [3.8, 4) is 11.3 Å². The van der Waals surface area contributed by atoms with Crippen LogP contribution in [-0.2, 0) is 13.6 Å². The molecule has 0 atom stereocenters. The Labute approximate surface area is 111 Å².